The van der Waals surface area contributed by atoms with E-state index in [2.05, 4.69) is 20.4 Å². The number of primary amides is 1. The minimum absolute atomic E-state index is 0.0622. The smallest absolute Gasteiger partial charge is 0.323 e. The van der Waals surface area contributed by atoms with Gasteiger partial charge in [-0.25, -0.2) is 5.84 Å². The first-order valence-corrected chi connectivity index (χ1v) is 6.43. The molecule has 0 aliphatic carbocycles. The highest BCUT2D eigenvalue weighted by molar-refractivity contribution is 5.78. The fraction of sp³-hybridized carbons (Fsp3) is 0.636. The Bertz CT molecular complexity index is 494. The van der Waals surface area contributed by atoms with Gasteiger partial charge in [0.15, 0.2) is 0 Å². The minimum atomic E-state index is -0.308. The summed E-state index contributed by atoms with van der Waals surface area (Å²) in [6, 6.07) is 0.195. The highest BCUT2D eigenvalue weighted by atomic mass is 16.5. The number of nitrogens with zero attached hydrogens (tertiary/aromatic N) is 4. The summed E-state index contributed by atoms with van der Waals surface area (Å²) >= 11 is 0. The molecule has 0 radical (unpaired) electrons. The summed E-state index contributed by atoms with van der Waals surface area (Å²) in [6.45, 7) is 4.89. The molecule has 0 aromatic carbocycles. The Morgan fingerprint density at radius 2 is 2.20 bits per heavy atom. The third-order valence-electron chi connectivity index (χ3n) is 2.95. The SMILES string of the molecule is CC(C)Oc1nc(NN)nc(N2CCC(C(N)=O)C2)n1. The van der Waals surface area contributed by atoms with Crippen LogP contribution in [0, 0.1) is 5.92 Å². The van der Waals surface area contributed by atoms with Crippen LogP contribution in [0.1, 0.15) is 20.3 Å². The molecule has 1 aromatic rings. The molecular weight excluding hydrogens is 262 g/mol. The van der Waals surface area contributed by atoms with Gasteiger partial charge in [0.2, 0.25) is 17.8 Å². The average molecular weight is 281 g/mol. The van der Waals surface area contributed by atoms with Crippen LogP contribution in [0.2, 0.25) is 0 Å². The van der Waals surface area contributed by atoms with Crippen molar-refractivity contribution in [1.82, 2.24) is 15.0 Å². The van der Waals surface area contributed by atoms with Crippen molar-refractivity contribution in [1.29, 1.82) is 0 Å². The van der Waals surface area contributed by atoms with Crippen LogP contribution in [0.15, 0.2) is 0 Å². The van der Waals surface area contributed by atoms with E-state index in [4.69, 9.17) is 16.3 Å². The van der Waals surface area contributed by atoms with E-state index < -0.39 is 0 Å². The Morgan fingerprint density at radius 3 is 2.75 bits per heavy atom. The topological polar surface area (TPSA) is 132 Å². The van der Waals surface area contributed by atoms with Crippen LogP contribution >= 0.6 is 0 Å². The Kier molecular flexibility index (Phi) is 4.18. The molecule has 1 saturated heterocycles. The maximum Gasteiger partial charge on any atom is 0.323 e. The summed E-state index contributed by atoms with van der Waals surface area (Å²) in [5, 5.41) is 0. The van der Waals surface area contributed by atoms with Gasteiger partial charge in [0.1, 0.15) is 0 Å². The van der Waals surface area contributed by atoms with Crippen LogP contribution in [-0.2, 0) is 4.79 Å². The maximum absolute atomic E-state index is 11.2. The van der Waals surface area contributed by atoms with Crippen molar-refractivity contribution in [2.24, 2.45) is 17.5 Å². The number of carbonyl (C=O) groups excluding carboxylic acids is 1. The second-order valence-electron chi connectivity index (χ2n) is 4.89. The van der Waals surface area contributed by atoms with E-state index in [9.17, 15) is 4.79 Å². The van der Waals surface area contributed by atoms with Crippen molar-refractivity contribution in [3.05, 3.63) is 0 Å². The molecule has 1 aromatic heterocycles. The van der Waals surface area contributed by atoms with Crippen molar-refractivity contribution < 1.29 is 9.53 Å². The molecule has 1 atom stereocenters. The number of rotatable bonds is 5. The minimum Gasteiger partial charge on any atom is -0.461 e. The van der Waals surface area contributed by atoms with Gasteiger partial charge in [-0.05, 0) is 20.3 Å². The highest BCUT2D eigenvalue weighted by Gasteiger charge is 2.29. The number of amides is 1. The number of hydrogen-bond acceptors (Lipinski definition) is 8. The number of nitrogens with two attached hydrogens (primary N) is 2. The fourth-order valence-corrected chi connectivity index (χ4v) is 1.99. The number of hydrazine groups is 1. The third-order valence-corrected chi connectivity index (χ3v) is 2.95. The molecule has 20 heavy (non-hydrogen) atoms. The van der Waals surface area contributed by atoms with E-state index >= 15 is 0 Å². The summed E-state index contributed by atoms with van der Waals surface area (Å²) < 4.78 is 5.46. The predicted octanol–water partition coefficient (Wildman–Crippen LogP) is -0.744. The van der Waals surface area contributed by atoms with Crippen molar-refractivity contribution in [3.63, 3.8) is 0 Å². The summed E-state index contributed by atoms with van der Waals surface area (Å²) in [5.74, 6) is 5.49. The standard InChI is InChI=1S/C11H19N7O2/c1-6(2)20-11-15-9(17-13)14-10(16-11)18-4-3-7(5-18)8(12)19/h6-7H,3-5,13H2,1-2H3,(H2,12,19)(H,14,15,16,17). The first-order chi connectivity index (χ1) is 9.49. The molecule has 0 saturated carbocycles. The highest BCUT2D eigenvalue weighted by Crippen LogP contribution is 2.22. The van der Waals surface area contributed by atoms with Crippen LogP contribution in [0.25, 0.3) is 0 Å². The first kappa shape index (κ1) is 14.3. The quantitative estimate of drug-likeness (QED) is 0.474. The molecule has 1 amide bonds. The van der Waals surface area contributed by atoms with Gasteiger partial charge in [-0.1, -0.05) is 0 Å². The molecule has 1 unspecified atom stereocenters. The number of ether oxygens (including phenoxy) is 1. The van der Waals surface area contributed by atoms with Gasteiger partial charge in [0, 0.05) is 13.1 Å². The van der Waals surface area contributed by atoms with Crippen LogP contribution in [0.3, 0.4) is 0 Å². The number of hydrogen-bond donors (Lipinski definition) is 3. The zero-order valence-corrected chi connectivity index (χ0v) is 11.5. The van der Waals surface area contributed by atoms with E-state index in [1.54, 1.807) is 0 Å². The van der Waals surface area contributed by atoms with Gasteiger partial charge in [0.05, 0.1) is 12.0 Å². The molecule has 9 nitrogen and oxygen atoms in total. The molecule has 5 N–H and O–H groups in total. The zero-order chi connectivity index (χ0) is 14.7. The van der Waals surface area contributed by atoms with Crippen LogP contribution < -0.4 is 26.6 Å². The molecule has 2 heterocycles. The van der Waals surface area contributed by atoms with Gasteiger partial charge >= 0.3 is 6.01 Å². The van der Waals surface area contributed by atoms with E-state index in [0.717, 1.165) is 0 Å². The third kappa shape index (κ3) is 3.23. The Balaban J connectivity index is 2.20. The predicted molar refractivity (Wildman–Crippen MR) is 72.9 cm³/mol. The van der Waals surface area contributed by atoms with Crippen molar-refractivity contribution in [2.45, 2.75) is 26.4 Å². The van der Waals surface area contributed by atoms with Gasteiger partial charge in [-0.3, -0.25) is 10.2 Å². The van der Waals surface area contributed by atoms with Crippen molar-refractivity contribution in [3.8, 4) is 6.01 Å². The van der Waals surface area contributed by atoms with E-state index in [0.29, 0.717) is 25.5 Å². The first-order valence-electron chi connectivity index (χ1n) is 6.43. The molecule has 1 fully saturated rings. The van der Waals surface area contributed by atoms with Gasteiger partial charge in [-0.2, -0.15) is 15.0 Å². The lowest BCUT2D eigenvalue weighted by Crippen LogP contribution is -2.28. The maximum atomic E-state index is 11.2. The second kappa shape index (κ2) is 5.87. The van der Waals surface area contributed by atoms with Crippen LogP contribution in [0.5, 0.6) is 6.01 Å². The molecule has 0 spiro atoms. The van der Waals surface area contributed by atoms with Gasteiger partial charge in [0.25, 0.3) is 0 Å². The summed E-state index contributed by atoms with van der Waals surface area (Å²) in [6.07, 6.45) is 0.625. The molecule has 9 heteroatoms. The lowest BCUT2D eigenvalue weighted by molar-refractivity contribution is -0.121. The largest absolute Gasteiger partial charge is 0.461 e. The van der Waals surface area contributed by atoms with Crippen molar-refractivity contribution in [2.75, 3.05) is 23.4 Å². The lowest BCUT2D eigenvalue weighted by Gasteiger charge is -2.17. The number of anilines is 2. The summed E-state index contributed by atoms with van der Waals surface area (Å²) in [5.41, 5.74) is 7.69. The molecule has 110 valence electrons. The Morgan fingerprint density at radius 1 is 1.45 bits per heavy atom. The number of nitrogens with one attached hydrogen (secondary N) is 1. The van der Waals surface area contributed by atoms with Crippen LogP contribution in [0.4, 0.5) is 11.9 Å². The summed E-state index contributed by atoms with van der Waals surface area (Å²) in [7, 11) is 0. The van der Waals surface area contributed by atoms with E-state index in [1.807, 2.05) is 18.7 Å². The summed E-state index contributed by atoms with van der Waals surface area (Å²) in [4.78, 5) is 25.5. The second-order valence-corrected chi connectivity index (χ2v) is 4.89. The zero-order valence-electron chi connectivity index (χ0n) is 11.5. The van der Waals surface area contributed by atoms with Crippen molar-refractivity contribution >= 4 is 17.8 Å². The molecule has 2 rings (SSSR count). The average Bonchev–Trinajstić information content (AvgIpc) is 2.87. The number of carbonyl (C=O) groups is 1. The number of nitrogen functional groups attached to an aromatic ring is 1. The Hall–Kier alpha value is -2.16. The normalized spacial score (nSPS) is 18.4. The van der Waals surface area contributed by atoms with E-state index in [1.165, 1.54) is 0 Å². The van der Waals surface area contributed by atoms with Gasteiger partial charge in [-0.15, -0.1) is 0 Å². The fourth-order valence-electron chi connectivity index (χ4n) is 1.99. The Labute approximate surface area is 116 Å². The molecule has 1 aliphatic heterocycles. The lowest BCUT2D eigenvalue weighted by atomic mass is 10.1. The number of aromatic nitrogens is 3. The molecular formula is C11H19N7O2. The van der Waals surface area contributed by atoms with Gasteiger partial charge < -0.3 is 15.4 Å². The molecule has 0 bridgehead atoms. The molecule has 1 aliphatic rings. The monoisotopic (exact) mass is 281 g/mol. The van der Waals surface area contributed by atoms with Crippen LogP contribution in [-0.4, -0.2) is 40.1 Å². The van der Waals surface area contributed by atoms with E-state index in [-0.39, 0.29) is 29.9 Å².